The van der Waals surface area contributed by atoms with E-state index < -0.39 is 0 Å². The highest BCUT2D eigenvalue weighted by Crippen LogP contribution is 2.41. The van der Waals surface area contributed by atoms with Crippen LogP contribution in [0.2, 0.25) is 0 Å². The van der Waals surface area contributed by atoms with E-state index in [1.54, 1.807) is 17.7 Å². The number of unbranched alkanes of at least 4 members (excludes halogenated alkanes) is 1. The van der Waals surface area contributed by atoms with Crippen molar-refractivity contribution in [3.05, 3.63) is 41.5 Å². The lowest BCUT2D eigenvalue weighted by molar-refractivity contribution is -0.118. The van der Waals surface area contributed by atoms with Crippen molar-refractivity contribution in [3.8, 4) is 11.1 Å². The van der Waals surface area contributed by atoms with E-state index in [-0.39, 0.29) is 5.91 Å². The Kier molecular flexibility index (Phi) is 6.04. The van der Waals surface area contributed by atoms with Crippen LogP contribution >= 0.6 is 23.1 Å². The first-order chi connectivity index (χ1) is 12.2. The summed E-state index contributed by atoms with van der Waals surface area (Å²) in [6.07, 6.45) is 3.68. The van der Waals surface area contributed by atoms with E-state index in [9.17, 15) is 4.79 Å². The Morgan fingerprint density at radius 2 is 2.04 bits per heavy atom. The first-order valence-electron chi connectivity index (χ1n) is 8.39. The van der Waals surface area contributed by atoms with Gasteiger partial charge in [-0.1, -0.05) is 55.4 Å². The van der Waals surface area contributed by atoms with Crippen molar-refractivity contribution in [1.82, 2.24) is 15.3 Å². The van der Waals surface area contributed by atoms with Crippen LogP contribution in [0.5, 0.6) is 0 Å². The predicted molar refractivity (Wildman–Crippen MR) is 106 cm³/mol. The predicted octanol–water partition coefficient (Wildman–Crippen LogP) is 4.68. The summed E-state index contributed by atoms with van der Waals surface area (Å²) in [5, 5.41) is 4.88. The molecule has 0 spiro atoms. The van der Waals surface area contributed by atoms with Gasteiger partial charge in [0.2, 0.25) is 5.91 Å². The summed E-state index contributed by atoms with van der Waals surface area (Å²) in [5.74, 6) is 0.428. The number of aromatic nitrogens is 2. The molecule has 130 valence electrons. The number of hydrogen-bond donors (Lipinski definition) is 1. The smallest absolute Gasteiger partial charge is 0.230 e. The van der Waals surface area contributed by atoms with Crippen LogP contribution in [0.3, 0.4) is 0 Å². The van der Waals surface area contributed by atoms with Gasteiger partial charge in [0.15, 0.2) is 0 Å². The van der Waals surface area contributed by atoms with Crippen LogP contribution in [0.4, 0.5) is 0 Å². The van der Waals surface area contributed by atoms with E-state index in [1.807, 2.05) is 18.2 Å². The molecule has 3 aromatic rings. The molecular weight excluding hydrogens is 350 g/mol. The number of aryl methyl sites for hydroxylation is 1. The van der Waals surface area contributed by atoms with Gasteiger partial charge in [-0.15, -0.1) is 11.3 Å². The van der Waals surface area contributed by atoms with E-state index >= 15 is 0 Å². The molecule has 0 radical (unpaired) electrons. The highest BCUT2D eigenvalue weighted by atomic mass is 32.2. The molecule has 2 heterocycles. The van der Waals surface area contributed by atoms with Gasteiger partial charge in [0, 0.05) is 17.0 Å². The molecule has 0 aliphatic heterocycles. The maximum atomic E-state index is 12.0. The summed E-state index contributed by atoms with van der Waals surface area (Å²) < 4.78 is 0. The largest absolute Gasteiger partial charge is 0.355 e. The number of nitrogens with one attached hydrogen (secondary N) is 1. The summed E-state index contributed by atoms with van der Waals surface area (Å²) in [5.41, 5.74) is 2.34. The van der Waals surface area contributed by atoms with Gasteiger partial charge in [-0.05, 0) is 18.9 Å². The highest BCUT2D eigenvalue weighted by molar-refractivity contribution is 8.00. The summed E-state index contributed by atoms with van der Waals surface area (Å²) in [6.45, 7) is 4.96. The maximum absolute atomic E-state index is 12.0. The molecule has 2 aromatic heterocycles. The number of hydrogen-bond acceptors (Lipinski definition) is 5. The molecule has 0 atom stereocenters. The van der Waals surface area contributed by atoms with Crippen molar-refractivity contribution in [2.45, 2.75) is 31.7 Å². The number of thiophene rings is 1. The fraction of sp³-hybridized carbons (Fsp3) is 0.316. The molecule has 0 saturated carbocycles. The van der Waals surface area contributed by atoms with Crippen molar-refractivity contribution in [2.75, 3.05) is 12.3 Å². The number of amides is 1. The van der Waals surface area contributed by atoms with Gasteiger partial charge in [-0.25, -0.2) is 9.97 Å². The van der Waals surface area contributed by atoms with Gasteiger partial charge in [0.1, 0.15) is 16.2 Å². The van der Waals surface area contributed by atoms with Crippen molar-refractivity contribution in [3.63, 3.8) is 0 Å². The van der Waals surface area contributed by atoms with E-state index in [0.717, 1.165) is 40.2 Å². The third-order valence-corrected chi connectivity index (χ3v) is 5.89. The maximum Gasteiger partial charge on any atom is 0.230 e. The van der Waals surface area contributed by atoms with Gasteiger partial charge in [-0.2, -0.15) is 0 Å². The number of nitrogens with zero attached hydrogens (tertiary/aromatic N) is 2. The Balaban J connectivity index is 1.88. The van der Waals surface area contributed by atoms with E-state index in [1.165, 1.54) is 22.2 Å². The Hall–Kier alpha value is -1.92. The second-order valence-corrected chi connectivity index (χ2v) is 7.92. The minimum atomic E-state index is 0.0541. The number of benzene rings is 1. The standard InChI is InChI=1S/C19H21N3OS2/c1-3-4-10-20-15(23)11-24-18-17-16(14-8-6-5-7-9-14)13(2)25-19(17)22-12-21-18/h5-9,12H,3-4,10-11H2,1-2H3,(H,20,23). The van der Waals surface area contributed by atoms with Crippen LogP contribution in [-0.4, -0.2) is 28.2 Å². The van der Waals surface area contributed by atoms with Crippen LogP contribution in [0.25, 0.3) is 21.3 Å². The average Bonchev–Trinajstić information content (AvgIpc) is 2.97. The summed E-state index contributed by atoms with van der Waals surface area (Å²) >= 11 is 3.16. The molecule has 0 aliphatic carbocycles. The van der Waals surface area contributed by atoms with E-state index in [4.69, 9.17) is 0 Å². The molecule has 0 unspecified atom stereocenters. The van der Waals surface area contributed by atoms with E-state index in [0.29, 0.717) is 5.75 Å². The van der Waals surface area contributed by atoms with Crippen molar-refractivity contribution in [1.29, 1.82) is 0 Å². The molecular formula is C19H21N3OS2. The normalized spacial score (nSPS) is 11.0. The summed E-state index contributed by atoms with van der Waals surface area (Å²) in [6, 6.07) is 10.3. The lowest BCUT2D eigenvalue weighted by Crippen LogP contribution is -2.26. The molecule has 0 saturated heterocycles. The number of fused-ring (bicyclic) bond motifs is 1. The number of carbonyl (C=O) groups excluding carboxylic acids is 1. The topological polar surface area (TPSA) is 54.9 Å². The molecule has 4 nitrogen and oxygen atoms in total. The van der Waals surface area contributed by atoms with Gasteiger partial charge in [0.25, 0.3) is 0 Å². The van der Waals surface area contributed by atoms with Crippen LogP contribution in [0.1, 0.15) is 24.6 Å². The molecule has 0 fully saturated rings. The number of carbonyl (C=O) groups is 1. The average molecular weight is 372 g/mol. The molecule has 6 heteroatoms. The first-order valence-corrected chi connectivity index (χ1v) is 10.2. The quantitative estimate of drug-likeness (QED) is 0.372. The third-order valence-electron chi connectivity index (χ3n) is 3.88. The molecule has 3 rings (SSSR count). The zero-order valence-electron chi connectivity index (χ0n) is 14.4. The molecule has 1 amide bonds. The van der Waals surface area contributed by atoms with Gasteiger partial charge in [-0.3, -0.25) is 4.79 Å². The number of thioether (sulfide) groups is 1. The van der Waals surface area contributed by atoms with Crippen molar-refractivity contribution in [2.24, 2.45) is 0 Å². The second-order valence-electron chi connectivity index (χ2n) is 5.75. The fourth-order valence-corrected chi connectivity index (χ4v) is 4.58. The molecule has 1 N–H and O–H groups in total. The van der Waals surface area contributed by atoms with Crippen LogP contribution in [0, 0.1) is 6.92 Å². The summed E-state index contributed by atoms with van der Waals surface area (Å²) in [7, 11) is 0. The van der Waals surface area contributed by atoms with Gasteiger partial charge < -0.3 is 5.32 Å². The third kappa shape index (κ3) is 4.19. The number of rotatable bonds is 7. The zero-order valence-corrected chi connectivity index (χ0v) is 16.0. The Morgan fingerprint density at radius 1 is 1.24 bits per heavy atom. The minimum Gasteiger partial charge on any atom is -0.355 e. The Labute approximate surface area is 156 Å². The highest BCUT2D eigenvalue weighted by Gasteiger charge is 2.17. The second kappa shape index (κ2) is 8.45. The van der Waals surface area contributed by atoms with Crippen LogP contribution in [-0.2, 0) is 4.79 Å². The molecule has 0 bridgehead atoms. The molecule has 1 aromatic carbocycles. The van der Waals surface area contributed by atoms with Crippen molar-refractivity contribution < 1.29 is 4.79 Å². The Morgan fingerprint density at radius 3 is 2.80 bits per heavy atom. The zero-order chi connectivity index (χ0) is 17.6. The Bertz CT molecular complexity index is 862. The van der Waals surface area contributed by atoms with Gasteiger partial charge >= 0.3 is 0 Å². The van der Waals surface area contributed by atoms with E-state index in [2.05, 4.69) is 41.3 Å². The fourth-order valence-electron chi connectivity index (χ4n) is 2.67. The summed E-state index contributed by atoms with van der Waals surface area (Å²) in [4.78, 5) is 23.1. The van der Waals surface area contributed by atoms with Gasteiger partial charge in [0.05, 0.1) is 11.1 Å². The lowest BCUT2D eigenvalue weighted by Gasteiger charge is -2.07. The van der Waals surface area contributed by atoms with Crippen LogP contribution in [0.15, 0.2) is 41.7 Å². The first kappa shape index (κ1) is 17.9. The molecule has 0 aliphatic rings. The minimum absolute atomic E-state index is 0.0541. The monoisotopic (exact) mass is 371 g/mol. The SMILES string of the molecule is CCCCNC(=O)CSc1ncnc2sc(C)c(-c3ccccc3)c12. The van der Waals surface area contributed by atoms with Crippen LogP contribution < -0.4 is 5.32 Å². The molecule has 25 heavy (non-hydrogen) atoms. The van der Waals surface area contributed by atoms with Crippen molar-refractivity contribution >= 4 is 39.2 Å². The lowest BCUT2D eigenvalue weighted by atomic mass is 10.0.